The Labute approximate surface area is 130 Å². The molecule has 0 fully saturated rings. The number of anilines is 1. The van der Waals surface area contributed by atoms with Gasteiger partial charge in [0, 0.05) is 16.3 Å². The zero-order valence-electron chi connectivity index (χ0n) is 12.3. The summed E-state index contributed by atoms with van der Waals surface area (Å²) in [5.74, 6) is 2.12. The van der Waals surface area contributed by atoms with Crippen LogP contribution in [0.15, 0.2) is 53.4 Å². The van der Waals surface area contributed by atoms with Crippen LogP contribution in [0.5, 0.6) is 5.75 Å². The van der Waals surface area contributed by atoms with Crippen molar-refractivity contribution in [3.8, 4) is 5.75 Å². The van der Waals surface area contributed by atoms with Crippen molar-refractivity contribution in [2.24, 2.45) is 0 Å². The number of ether oxygens (including phenoxy) is 1. The van der Waals surface area contributed by atoms with Gasteiger partial charge in [0.25, 0.3) is 0 Å². The first-order valence-electron chi connectivity index (χ1n) is 7.58. The summed E-state index contributed by atoms with van der Waals surface area (Å²) in [7, 11) is 0. The van der Waals surface area contributed by atoms with Crippen molar-refractivity contribution in [1.29, 1.82) is 0 Å². The zero-order valence-corrected chi connectivity index (χ0v) is 13.2. The molecule has 1 N–H and O–H groups in total. The number of hydrogen-bond donors (Lipinski definition) is 1. The molecular formula is C18H21NOS. The van der Waals surface area contributed by atoms with Gasteiger partial charge in [-0.05, 0) is 48.7 Å². The van der Waals surface area contributed by atoms with Crippen LogP contribution in [-0.4, -0.2) is 12.4 Å². The maximum absolute atomic E-state index is 5.63. The van der Waals surface area contributed by atoms with Gasteiger partial charge in [-0.1, -0.05) is 25.1 Å². The standard InChI is InChI=1S/C18H21NOS/c1-2-12-20-15-9-7-14(8-10-15)19-17-11-13-21-18-6-4-3-5-16(17)18/h3-10,17,19H,2,11-13H2,1H3. The molecule has 2 aromatic carbocycles. The average Bonchev–Trinajstić information content (AvgIpc) is 2.55. The van der Waals surface area contributed by atoms with Crippen LogP contribution in [0.25, 0.3) is 0 Å². The molecule has 21 heavy (non-hydrogen) atoms. The first kappa shape index (κ1) is 14.3. The van der Waals surface area contributed by atoms with Crippen molar-refractivity contribution in [3.05, 3.63) is 54.1 Å². The van der Waals surface area contributed by atoms with Gasteiger partial charge in [-0.15, -0.1) is 11.8 Å². The molecule has 0 aliphatic carbocycles. The van der Waals surface area contributed by atoms with Crippen molar-refractivity contribution >= 4 is 17.4 Å². The molecule has 3 heteroatoms. The number of benzene rings is 2. The fourth-order valence-electron chi connectivity index (χ4n) is 2.56. The van der Waals surface area contributed by atoms with Crippen LogP contribution in [0.2, 0.25) is 0 Å². The number of thioether (sulfide) groups is 1. The minimum atomic E-state index is 0.407. The lowest BCUT2D eigenvalue weighted by Crippen LogP contribution is -2.15. The highest BCUT2D eigenvalue weighted by Crippen LogP contribution is 2.37. The third-order valence-electron chi connectivity index (χ3n) is 3.63. The lowest BCUT2D eigenvalue weighted by Gasteiger charge is -2.26. The summed E-state index contributed by atoms with van der Waals surface area (Å²) in [6.07, 6.45) is 2.20. The molecule has 2 aromatic rings. The molecule has 0 amide bonds. The largest absolute Gasteiger partial charge is 0.494 e. The minimum Gasteiger partial charge on any atom is -0.494 e. The Hall–Kier alpha value is -1.61. The second kappa shape index (κ2) is 6.90. The Morgan fingerprint density at radius 2 is 1.95 bits per heavy atom. The van der Waals surface area contributed by atoms with E-state index in [0.717, 1.165) is 30.9 Å². The van der Waals surface area contributed by atoms with Crippen LogP contribution in [-0.2, 0) is 0 Å². The van der Waals surface area contributed by atoms with Crippen LogP contribution in [0.4, 0.5) is 5.69 Å². The maximum Gasteiger partial charge on any atom is 0.119 e. The molecule has 1 aliphatic heterocycles. The van der Waals surface area contributed by atoms with Crippen LogP contribution in [0.3, 0.4) is 0 Å². The molecule has 0 bridgehead atoms. The van der Waals surface area contributed by atoms with Crippen molar-refractivity contribution in [2.75, 3.05) is 17.7 Å². The van der Waals surface area contributed by atoms with Gasteiger partial charge in [0.05, 0.1) is 12.6 Å². The molecule has 0 saturated carbocycles. The molecule has 110 valence electrons. The summed E-state index contributed by atoms with van der Waals surface area (Å²) in [4.78, 5) is 1.41. The van der Waals surface area contributed by atoms with Crippen LogP contribution < -0.4 is 10.1 Å². The van der Waals surface area contributed by atoms with Gasteiger partial charge in [0.1, 0.15) is 5.75 Å². The molecule has 1 aliphatic rings. The van der Waals surface area contributed by atoms with E-state index >= 15 is 0 Å². The van der Waals surface area contributed by atoms with E-state index in [1.165, 1.54) is 16.2 Å². The molecule has 1 atom stereocenters. The van der Waals surface area contributed by atoms with Crippen molar-refractivity contribution in [2.45, 2.75) is 30.7 Å². The van der Waals surface area contributed by atoms with Gasteiger partial charge in [-0.25, -0.2) is 0 Å². The van der Waals surface area contributed by atoms with Gasteiger partial charge >= 0.3 is 0 Å². The maximum atomic E-state index is 5.63. The number of fused-ring (bicyclic) bond motifs is 1. The Morgan fingerprint density at radius 1 is 1.14 bits per heavy atom. The normalized spacial score (nSPS) is 17.1. The van der Waals surface area contributed by atoms with Crippen LogP contribution in [0.1, 0.15) is 31.4 Å². The minimum absolute atomic E-state index is 0.407. The quantitative estimate of drug-likeness (QED) is 0.827. The van der Waals surface area contributed by atoms with Crippen molar-refractivity contribution in [1.82, 2.24) is 0 Å². The molecule has 0 radical (unpaired) electrons. The SMILES string of the molecule is CCCOc1ccc(NC2CCSc3ccccc32)cc1. The second-order valence-corrected chi connectivity index (χ2v) is 6.38. The highest BCUT2D eigenvalue weighted by atomic mass is 32.2. The molecule has 1 heterocycles. The summed E-state index contributed by atoms with van der Waals surface area (Å²) in [6.45, 7) is 2.90. The summed E-state index contributed by atoms with van der Waals surface area (Å²) in [6, 6.07) is 17.4. The number of hydrogen-bond acceptors (Lipinski definition) is 3. The lowest BCUT2D eigenvalue weighted by molar-refractivity contribution is 0.317. The third kappa shape index (κ3) is 3.53. The highest BCUT2D eigenvalue weighted by molar-refractivity contribution is 7.99. The van der Waals surface area contributed by atoms with E-state index in [4.69, 9.17) is 4.74 Å². The Kier molecular flexibility index (Phi) is 4.71. The molecule has 0 spiro atoms. The Balaban J connectivity index is 1.70. The van der Waals surface area contributed by atoms with Crippen molar-refractivity contribution in [3.63, 3.8) is 0 Å². The summed E-state index contributed by atoms with van der Waals surface area (Å²) in [5.41, 5.74) is 2.57. The van der Waals surface area contributed by atoms with E-state index in [9.17, 15) is 0 Å². The van der Waals surface area contributed by atoms with Gasteiger partial charge in [-0.2, -0.15) is 0 Å². The van der Waals surface area contributed by atoms with Crippen LogP contribution in [0, 0.1) is 0 Å². The molecule has 0 saturated heterocycles. The monoisotopic (exact) mass is 299 g/mol. The highest BCUT2D eigenvalue weighted by Gasteiger charge is 2.19. The molecular weight excluding hydrogens is 278 g/mol. The number of nitrogens with one attached hydrogen (secondary N) is 1. The topological polar surface area (TPSA) is 21.3 Å². The van der Waals surface area contributed by atoms with E-state index in [2.05, 4.69) is 48.6 Å². The predicted octanol–water partition coefficient (Wildman–Crippen LogP) is 5.12. The van der Waals surface area contributed by atoms with Gasteiger partial charge < -0.3 is 10.1 Å². The van der Waals surface area contributed by atoms with E-state index in [1.54, 1.807) is 0 Å². The third-order valence-corrected chi connectivity index (χ3v) is 4.75. The van der Waals surface area contributed by atoms with Crippen molar-refractivity contribution < 1.29 is 4.74 Å². The molecule has 1 unspecified atom stereocenters. The smallest absolute Gasteiger partial charge is 0.119 e. The van der Waals surface area contributed by atoms with Crippen LogP contribution >= 0.6 is 11.8 Å². The van der Waals surface area contributed by atoms with E-state index in [1.807, 2.05) is 23.9 Å². The van der Waals surface area contributed by atoms with E-state index in [-0.39, 0.29) is 0 Å². The summed E-state index contributed by atoms with van der Waals surface area (Å²) >= 11 is 1.95. The molecule has 3 rings (SSSR count). The summed E-state index contributed by atoms with van der Waals surface area (Å²) in [5, 5.41) is 3.65. The van der Waals surface area contributed by atoms with Gasteiger partial charge in [-0.3, -0.25) is 0 Å². The lowest BCUT2D eigenvalue weighted by atomic mass is 10.0. The fourth-order valence-corrected chi connectivity index (χ4v) is 3.69. The zero-order chi connectivity index (χ0) is 14.5. The van der Waals surface area contributed by atoms with E-state index < -0.39 is 0 Å². The predicted molar refractivity (Wildman–Crippen MR) is 90.4 cm³/mol. The first-order chi connectivity index (χ1) is 10.4. The number of rotatable bonds is 5. The molecule has 2 nitrogen and oxygen atoms in total. The first-order valence-corrected chi connectivity index (χ1v) is 8.56. The molecule has 0 aromatic heterocycles. The van der Waals surface area contributed by atoms with Gasteiger partial charge in [0.2, 0.25) is 0 Å². The average molecular weight is 299 g/mol. The fraction of sp³-hybridized carbons (Fsp3) is 0.333. The van der Waals surface area contributed by atoms with E-state index in [0.29, 0.717) is 6.04 Å². The second-order valence-electron chi connectivity index (χ2n) is 5.24. The Morgan fingerprint density at radius 3 is 2.76 bits per heavy atom. The summed E-state index contributed by atoms with van der Waals surface area (Å²) < 4.78 is 5.63. The van der Waals surface area contributed by atoms with Gasteiger partial charge in [0.15, 0.2) is 0 Å². The Bertz CT molecular complexity index is 582.